The van der Waals surface area contributed by atoms with Gasteiger partial charge in [0.15, 0.2) is 0 Å². The van der Waals surface area contributed by atoms with E-state index in [9.17, 15) is 0 Å². The van der Waals surface area contributed by atoms with Crippen molar-refractivity contribution in [2.45, 2.75) is 45.3 Å². The summed E-state index contributed by atoms with van der Waals surface area (Å²) < 4.78 is 1.67. The highest BCUT2D eigenvalue weighted by molar-refractivity contribution is 4.98. The lowest BCUT2D eigenvalue weighted by atomic mass is 9.99. The van der Waals surface area contributed by atoms with Gasteiger partial charge in [-0.15, -0.1) is 5.10 Å². The fourth-order valence-electron chi connectivity index (χ4n) is 1.90. The van der Waals surface area contributed by atoms with Gasteiger partial charge in [-0.2, -0.15) is 0 Å². The predicted molar refractivity (Wildman–Crippen MR) is 60.8 cm³/mol. The summed E-state index contributed by atoms with van der Waals surface area (Å²) in [5, 5.41) is 20.3. The number of aliphatic hydroxyl groups excluding tert-OH is 1. The Kier molecular flexibility index (Phi) is 3.25. The zero-order valence-electron chi connectivity index (χ0n) is 9.98. The van der Waals surface area contributed by atoms with Crippen LogP contribution in [0.3, 0.4) is 0 Å². The van der Waals surface area contributed by atoms with E-state index in [4.69, 9.17) is 5.11 Å². The molecule has 0 aromatic carbocycles. The van der Waals surface area contributed by atoms with E-state index >= 15 is 0 Å². The molecule has 1 aliphatic rings. The molecule has 90 valence electrons. The molecule has 5 nitrogen and oxygen atoms in total. The molecule has 2 N–H and O–H groups in total. The van der Waals surface area contributed by atoms with E-state index in [0.29, 0.717) is 6.54 Å². The maximum Gasteiger partial charge on any atom is 0.0965 e. The van der Waals surface area contributed by atoms with Crippen molar-refractivity contribution in [1.29, 1.82) is 0 Å². The molecule has 0 amide bonds. The Labute approximate surface area is 95.8 Å². The first kappa shape index (κ1) is 11.5. The SMILES string of the molecule is CC(C)(NCc1cn(CCO)nn1)C1CC1. The molecule has 1 aromatic heterocycles. The van der Waals surface area contributed by atoms with Crippen LogP contribution >= 0.6 is 0 Å². The summed E-state index contributed by atoms with van der Waals surface area (Å²) in [4.78, 5) is 0. The zero-order chi connectivity index (χ0) is 11.6. The first-order valence-electron chi connectivity index (χ1n) is 5.87. The molecule has 1 heterocycles. The lowest BCUT2D eigenvalue weighted by molar-refractivity contribution is 0.268. The number of aliphatic hydroxyl groups is 1. The Bertz CT molecular complexity index is 344. The van der Waals surface area contributed by atoms with Crippen molar-refractivity contribution in [3.05, 3.63) is 11.9 Å². The Balaban J connectivity index is 1.84. The molecule has 0 aliphatic heterocycles. The highest BCUT2D eigenvalue weighted by Gasteiger charge is 2.37. The monoisotopic (exact) mass is 224 g/mol. The molecular formula is C11H20N4O. The first-order valence-corrected chi connectivity index (χ1v) is 5.87. The second-order valence-corrected chi connectivity index (χ2v) is 5.05. The standard InChI is InChI=1S/C11H20N4O/c1-11(2,9-3-4-9)12-7-10-8-15(5-6-16)14-13-10/h8-9,12,16H,3-7H2,1-2H3. The third kappa shape index (κ3) is 2.80. The van der Waals surface area contributed by atoms with Crippen LogP contribution in [0.2, 0.25) is 0 Å². The smallest absolute Gasteiger partial charge is 0.0965 e. The maximum atomic E-state index is 8.76. The second-order valence-electron chi connectivity index (χ2n) is 5.05. The van der Waals surface area contributed by atoms with Crippen molar-refractivity contribution in [2.24, 2.45) is 5.92 Å². The lowest BCUT2D eigenvalue weighted by Gasteiger charge is -2.25. The molecule has 16 heavy (non-hydrogen) atoms. The molecule has 0 spiro atoms. The van der Waals surface area contributed by atoms with Gasteiger partial charge in [0.2, 0.25) is 0 Å². The number of hydrogen-bond acceptors (Lipinski definition) is 4. The van der Waals surface area contributed by atoms with Gasteiger partial charge in [0, 0.05) is 18.3 Å². The minimum atomic E-state index is 0.101. The summed E-state index contributed by atoms with van der Waals surface area (Å²) in [5.74, 6) is 0.806. The van der Waals surface area contributed by atoms with Crippen molar-refractivity contribution in [1.82, 2.24) is 20.3 Å². The Hall–Kier alpha value is -0.940. The fourth-order valence-corrected chi connectivity index (χ4v) is 1.90. The highest BCUT2D eigenvalue weighted by atomic mass is 16.3. The van der Waals surface area contributed by atoms with Crippen LogP contribution in [0, 0.1) is 5.92 Å². The van der Waals surface area contributed by atoms with Gasteiger partial charge in [-0.05, 0) is 32.6 Å². The van der Waals surface area contributed by atoms with E-state index in [0.717, 1.165) is 18.2 Å². The molecule has 0 atom stereocenters. The van der Waals surface area contributed by atoms with Crippen molar-refractivity contribution in [2.75, 3.05) is 6.61 Å². The summed E-state index contributed by atoms with van der Waals surface area (Å²) in [5.41, 5.74) is 1.13. The predicted octanol–water partition coefficient (Wildman–Crippen LogP) is 0.549. The van der Waals surface area contributed by atoms with Crippen LogP contribution in [0.5, 0.6) is 0 Å². The van der Waals surface area contributed by atoms with E-state index in [1.165, 1.54) is 12.8 Å². The minimum Gasteiger partial charge on any atom is -0.394 e. The number of hydrogen-bond donors (Lipinski definition) is 2. The lowest BCUT2D eigenvalue weighted by Crippen LogP contribution is -2.40. The molecule has 1 aliphatic carbocycles. The summed E-state index contributed by atoms with van der Waals surface area (Å²) >= 11 is 0. The molecule has 0 bridgehead atoms. The zero-order valence-corrected chi connectivity index (χ0v) is 9.98. The molecule has 0 unspecified atom stereocenters. The Morgan fingerprint density at radius 1 is 1.56 bits per heavy atom. The number of nitrogens with zero attached hydrogens (tertiary/aromatic N) is 3. The van der Waals surface area contributed by atoms with Gasteiger partial charge in [0.1, 0.15) is 0 Å². The van der Waals surface area contributed by atoms with E-state index in [1.54, 1.807) is 4.68 Å². The second kappa shape index (κ2) is 4.51. The van der Waals surface area contributed by atoms with Gasteiger partial charge in [-0.3, -0.25) is 0 Å². The van der Waals surface area contributed by atoms with Crippen LogP contribution in [-0.4, -0.2) is 32.2 Å². The van der Waals surface area contributed by atoms with E-state index < -0.39 is 0 Å². The molecule has 0 saturated heterocycles. The topological polar surface area (TPSA) is 63.0 Å². The normalized spacial score (nSPS) is 16.7. The molecule has 1 saturated carbocycles. The van der Waals surface area contributed by atoms with Gasteiger partial charge >= 0.3 is 0 Å². The van der Waals surface area contributed by atoms with E-state index in [1.807, 2.05) is 6.20 Å². The average Bonchev–Trinajstić information content (AvgIpc) is 3.00. The van der Waals surface area contributed by atoms with E-state index in [-0.39, 0.29) is 12.1 Å². The van der Waals surface area contributed by atoms with Crippen molar-refractivity contribution >= 4 is 0 Å². The van der Waals surface area contributed by atoms with Gasteiger partial charge < -0.3 is 10.4 Å². The van der Waals surface area contributed by atoms with E-state index in [2.05, 4.69) is 29.5 Å². The number of rotatable bonds is 6. The molecule has 1 aromatic rings. The Morgan fingerprint density at radius 3 is 2.94 bits per heavy atom. The third-order valence-electron chi connectivity index (χ3n) is 3.24. The fraction of sp³-hybridized carbons (Fsp3) is 0.818. The number of aromatic nitrogens is 3. The maximum absolute atomic E-state index is 8.76. The Morgan fingerprint density at radius 2 is 2.31 bits per heavy atom. The van der Waals surface area contributed by atoms with Crippen LogP contribution in [0.25, 0.3) is 0 Å². The quantitative estimate of drug-likeness (QED) is 0.740. The molecule has 0 radical (unpaired) electrons. The van der Waals surface area contributed by atoms with Crippen molar-refractivity contribution in [3.8, 4) is 0 Å². The van der Waals surface area contributed by atoms with Crippen LogP contribution in [0.4, 0.5) is 0 Å². The first-order chi connectivity index (χ1) is 7.62. The van der Waals surface area contributed by atoms with Gasteiger partial charge in [0.05, 0.1) is 18.8 Å². The van der Waals surface area contributed by atoms with Crippen molar-refractivity contribution < 1.29 is 5.11 Å². The van der Waals surface area contributed by atoms with Crippen molar-refractivity contribution in [3.63, 3.8) is 0 Å². The summed E-state index contributed by atoms with van der Waals surface area (Å²) in [6.07, 6.45) is 4.54. The molecular weight excluding hydrogens is 204 g/mol. The minimum absolute atomic E-state index is 0.101. The summed E-state index contributed by atoms with van der Waals surface area (Å²) in [6.45, 7) is 5.84. The largest absolute Gasteiger partial charge is 0.394 e. The average molecular weight is 224 g/mol. The van der Waals surface area contributed by atoms with Crippen LogP contribution in [-0.2, 0) is 13.1 Å². The summed E-state index contributed by atoms with van der Waals surface area (Å²) in [7, 11) is 0. The summed E-state index contributed by atoms with van der Waals surface area (Å²) in [6, 6.07) is 0. The van der Waals surface area contributed by atoms with Gasteiger partial charge in [-0.1, -0.05) is 5.21 Å². The molecule has 5 heteroatoms. The molecule has 1 fully saturated rings. The van der Waals surface area contributed by atoms with Crippen LogP contribution in [0.15, 0.2) is 6.20 Å². The van der Waals surface area contributed by atoms with Crippen LogP contribution in [0.1, 0.15) is 32.4 Å². The molecule has 2 rings (SSSR count). The van der Waals surface area contributed by atoms with Gasteiger partial charge in [0.25, 0.3) is 0 Å². The van der Waals surface area contributed by atoms with Gasteiger partial charge in [-0.25, -0.2) is 4.68 Å². The van der Waals surface area contributed by atoms with Crippen LogP contribution < -0.4 is 5.32 Å². The highest BCUT2D eigenvalue weighted by Crippen LogP contribution is 2.39. The third-order valence-corrected chi connectivity index (χ3v) is 3.24. The number of nitrogens with one attached hydrogen (secondary N) is 1.